The van der Waals surface area contributed by atoms with Crippen LogP contribution in [0.1, 0.15) is 76.5 Å². The maximum Gasteiger partial charge on any atom is 0.328 e. The third-order valence-electron chi connectivity index (χ3n) is 6.80. The van der Waals surface area contributed by atoms with Crippen molar-refractivity contribution >= 4 is 0 Å². The van der Waals surface area contributed by atoms with E-state index in [2.05, 4.69) is 71.0 Å². The number of aromatic nitrogens is 6. The second-order valence-electron chi connectivity index (χ2n) is 9.55. The van der Waals surface area contributed by atoms with Crippen molar-refractivity contribution in [1.29, 1.82) is 0 Å². The molecule has 0 amide bonds. The summed E-state index contributed by atoms with van der Waals surface area (Å²) in [4.78, 5) is 13.3. The van der Waals surface area contributed by atoms with E-state index in [1.807, 2.05) is 27.3 Å². The molecule has 0 aliphatic heterocycles. The van der Waals surface area contributed by atoms with Gasteiger partial charge in [-0.25, -0.2) is 9.89 Å². The van der Waals surface area contributed by atoms with Crippen LogP contribution in [-0.4, -0.2) is 29.8 Å². The van der Waals surface area contributed by atoms with Crippen LogP contribution < -0.4 is 5.69 Å². The molecule has 0 bridgehead atoms. The third-order valence-corrected chi connectivity index (χ3v) is 6.80. The minimum absolute atomic E-state index is 0.115. The molecule has 0 saturated heterocycles. The zero-order valence-electron chi connectivity index (χ0n) is 21.6. The molecule has 2 aromatic heterocycles. The molecule has 0 radical (unpaired) electrons. The fourth-order valence-corrected chi connectivity index (χ4v) is 4.74. The average Bonchev–Trinajstić information content (AvgIpc) is 3.54. The summed E-state index contributed by atoms with van der Waals surface area (Å²) in [5.74, 6) is 0.647. The van der Waals surface area contributed by atoms with E-state index >= 15 is 0 Å². The summed E-state index contributed by atoms with van der Waals surface area (Å²) in [5, 5.41) is 14.4. The lowest BCUT2D eigenvalue weighted by atomic mass is 9.98. The molecular formula is C29H38N6O. The molecule has 0 saturated carbocycles. The summed E-state index contributed by atoms with van der Waals surface area (Å²) in [6, 6.07) is 16.6. The van der Waals surface area contributed by atoms with Crippen LogP contribution >= 0.6 is 0 Å². The van der Waals surface area contributed by atoms with Gasteiger partial charge >= 0.3 is 5.69 Å². The Balaban J connectivity index is 1.54. The van der Waals surface area contributed by atoms with Crippen molar-refractivity contribution in [3.8, 4) is 22.5 Å². The quantitative estimate of drug-likeness (QED) is 0.214. The Labute approximate surface area is 213 Å². The van der Waals surface area contributed by atoms with Crippen molar-refractivity contribution in [3.63, 3.8) is 0 Å². The van der Waals surface area contributed by atoms with Crippen molar-refractivity contribution in [1.82, 2.24) is 29.8 Å². The van der Waals surface area contributed by atoms with Gasteiger partial charge in [-0.1, -0.05) is 101 Å². The fraction of sp³-hybridized carbons (Fsp3) is 0.448. The van der Waals surface area contributed by atoms with Gasteiger partial charge in [0.25, 0.3) is 0 Å². The Bertz CT molecular complexity index is 1250. The standard InChI is InChI=1S/C29H38N6O/c1-3-5-7-9-13-25-22-34(20-12-8-6-4-2)29(36)35(25)21-23-16-18-24(19-17-23)26-14-10-11-15-27(26)28-30-32-33-31-28/h10-11,14-19,22H,3-9,12-13,20-21H2,1-2H3,(H,30,31,32,33). The highest BCUT2D eigenvalue weighted by atomic mass is 16.1. The van der Waals surface area contributed by atoms with E-state index in [4.69, 9.17) is 0 Å². The van der Waals surface area contributed by atoms with E-state index in [1.54, 1.807) is 0 Å². The number of benzene rings is 2. The Kier molecular flexibility index (Phi) is 9.25. The van der Waals surface area contributed by atoms with Crippen LogP contribution in [0.2, 0.25) is 0 Å². The number of unbranched alkanes of at least 4 members (excludes halogenated alkanes) is 6. The predicted octanol–water partition coefficient (Wildman–Crippen LogP) is 6.25. The van der Waals surface area contributed by atoms with E-state index in [9.17, 15) is 4.79 Å². The number of nitrogens with one attached hydrogen (secondary N) is 1. The number of hydrogen-bond acceptors (Lipinski definition) is 4. The number of aromatic amines is 1. The lowest BCUT2D eigenvalue weighted by Crippen LogP contribution is -2.25. The molecule has 0 aliphatic rings. The van der Waals surface area contributed by atoms with Gasteiger partial charge in [-0.15, -0.1) is 5.10 Å². The Morgan fingerprint density at radius 1 is 0.833 bits per heavy atom. The Morgan fingerprint density at radius 3 is 2.25 bits per heavy atom. The van der Waals surface area contributed by atoms with Crippen molar-refractivity contribution < 1.29 is 0 Å². The first kappa shape index (κ1) is 25.6. The monoisotopic (exact) mass is 486 g/mol. The highest BCUT2D eigenvalue weighted by Crippen LogP contribution is 2.29. The summed E-state index contributed by atoms with van der Waals surface area (Å²) < 4.78 is 3.91. The minimum atomic E-state index is 0.115. The first-order valence-electron chi connectivity index (χ1n) is 13.4. The van der Waals surface area contributed by atoms with Gasteiger partial charge in [-0.05, 0) is 46.4 Å². The average molecular weight is 487 g/mol. The van der Waals surface area contributed by atoms with E-state index in [-0.39, 0.29) is 5.69 Å². The van der Waals surface area contributed by atoms with Gasteiger partial charge in [0.05, 0.1) is 6.54 Å². The number of rotatable bonds is 14. The second-order valence-corrected chi connectivity index (χ2v) is 9.55. The number of aryl methyl sites for hydroxylation is 2. The normalized spacial score (nSPS) is 11.3. The number of nitrogens with zero attached hydrogens (tertiary/aromatic N) is 5. The molecule has 4 rings (SSSR count). The molecule has 36 heavy (non-hydrogen) atoms. The van der Waals surface area contributed by atoms with Gasteiger partial charge in [0.1, 0.15) is 0 Å². The van der Waals surface area contributed by atoms with Gasteiger partial charge in [0, 0.05) is 24.0 Å². The highest BCUT2D eigenvalue weighted by molar-refractivity contribution is 5.80. The molecule has 7 heteroatoms. The topological polar surface area (TPSA) is 81.4 Å². The van der Waals surface area contributed by atoms with Crippen LogP contribution in [0, 0.1) is 0 Å². The van der Waals surface area contributed by atoms with Crippen LogP contribution in [-0.2, 0) is 19.5 Å². The first-order valence-corrected chi connectivity index (χ1v) is 13.4. The molecule has 0 aliphatic carbocycles. The first-order chi connectivity index (χ1) is 17.7. The van der Waals surface area contributed by atoms with Crippen LogP contribution in [0.25, 0.3) is 22.5 Å². The highest BCUT2D eigenvalue weighted by Gasteiger charge is 2.13. The largest absolute Gasteiger partial charge is 0.328 e. The van der Waals surface area contributed by atoms with E-state index in [1.165, 1.54) is 38.5 Å². The minimum Gasteiger partial charge on any atom is -0.299 e. The van der Waals surface area contributed by atoms with Crippen LogP contribution in [0.4, 0.5) is 0 Å². The summed E-state index contributed by atoms with van der Waals surface area (Å²) in [6.45, 7) is 5.84. The van der Waals surface area contributed by atoms with Gasteiger partial charge in [0.2, 0.25) is 0 Å². The van der Waals surface area contributed by atoms with Gasteiger partial charge in [-0.2, -0.15) is 0 Å². The number of H-pyrrole nitrogens is 1. The number of imidazole rings is 1. The smallest absolute Gasteiger partial charge is 0.299 e. The SMILES string of the molecule is CCCCCCc1cn(CCCCCC)c(=O)n1Cc1ccc(-c2ccccc2-c2nnn[nH]2)cc1. The third kappa shape index (κ3) is 6.39. The summed E-state index contributed by atoms with van der Waals surface area (Å²) in [6.07, 6.45) is 12.5. The molecule has 1 N–H and O–H groups in total. The zero-order valence-corrected chi connectivity index (χ0v) is 21.6. The van der Waals surface area contributed by atoms with E-state index in [0.717, 1.165) is 53.8 Å². The molecule has 2 heterocycles. The molecule has 0 unspecified atom stereocenters. The lowest BCUT2D eigenvalue weighted by molar-refractivity contribution is 0.559. The molecular weight excluding hydrogens is 448 g/mol. The number of hydrogen-bond donors (Lipinski definition) is 1. The van der Waals surface area contributed by atoms with E-state index in [0.29, 0.717) is 12.4 Å². The second kappa shape index (κ2) is 13.0. The van der Waals surface area contributed by atoms with Crippen molar-refractivity contribution in [2.75, 3.05) is 0 Å². The maximum absolute atomic E-state index is 13.3. The van der Waals surface area contributed by atoms with Gasteiger partial charge in [0.15, 0.2) is 5.82 Å². The van der Waals surface area contributed by atoms with Crippen LogP contribution in [0.15, 0.2) is 59.5 Å². The summed E-state index contributed by atoms with van der Waals surface area (Å²) in [5.41, 5.74) is 5.50. The Hall–Kier alpha value is -3.48. The molecule has 0 spiro atoms. The maximum atomic E-state index is 13.3. The molecule has 4 aromatic rings. The zero-order chi connectivity index (χ0) is 25.2. The Morgan fingerprint density at radius 2 is 1.56 bits per heavy atom. The number of tetrazole rings is 1. The molecule has 0 fully saturated rings. The predicted molar refractivity (Wildman–Crippen MR) is 145 cm³/mol. The molecule has 0 atom stereocenters. The van der Waals surface area contributed by atoms with E-state index < -0.39 is 0 Å². The fourth-order valence-electron chi connectivity index (χ4n) is 4.74. The molecule has 2 aromatic carbocycles. The lowest BCUT2D eigenvalue weighted by Gasteiger charge is -2.10. The van der Waals surface area contributed by atoms with Crippen molar-refractivity contribution in [2.24, 2.45) is 0 Å². The van der Waals surface area contributed by atoms with Gasteiger partial charge < -0.3 is 0 Å². The summed E-state index contributed by atoms with van der Waals surface area (Å²) in [7, 11) is 0. The molecule has 7 nitrogen and oxygen atoms in total. The molecule has 190 valence electrons. The summed E-state index contributed by atoms with van der Waals surface area (Å²) >= 11 is 0. The van der Waals surface area contributed by atoms with Crippen molar-refractivity contribution in [3.05, 3.63) is 76.5 Å². The van der Waals surface area contributed by atoms with Crippen LogP contribution in [0.5, 0.6) is 0 Å². The van der Waals surface area contributed by atoms with Crippen molar-refractivity contribution in [2.45, 2.75) is 84.7 Å². The van der Waals surface area contributed by atoms with Crippen LogP contribution in [0.3, 0.4) is 0 Å². The van der Waals surface area contributed by atoms with Gasteiger partial charge in [-0.3, -0.25) is 9.13 Å².